The lowest BCUT2D eigenvalue weighted by Gasteiger charge is -2.29. The van der Waals surface area contributed by atoms with Gasteiger partial charge in [0.05, 0.1) is 19.6 Å². The number of carbonyl (C=O) groups excluding carboxylic acids is 2. The van der Waals surface area contributed by atoms with Gasteiger partial charge in [0.15, 0.2) is 0 Å². The lowest BCUT2D eigenvalue weighted by molar-refractivity contribution is -0.132. The van der Waals surface area contributed by atoms with Crippen LogP contribution in [0.25, 0.3) is 0 Å². The molecule has 0 bridgehead atoms. The number of hydrogen-bond acceptors (Lipinski definition) is 4. The van der Waals surface area contributed by atoms with Gasteiger partial charge < -0.3 is 25.4 Å². The Balaban J connectivity index is 1.44. The summed E-state index contributed by atoms with van der Waals surface area (Å²) >= 11 is 0. The zero-order valence-electron chi connectivity index (χ0n) is 16.6. The Kier molecular flexibility index (Phi) is 7.08. The lowest BCUT2D eigenvalue weighted by atomic mass is 10.1. The van der Waals surface area contributed by atoms with Crippen molar-refractivity contribution in [1.29, 1.82) is 0 Å². The molecule has 0 aromatic heterocycles. The summed E-state index contributed by atoms with van der Waals surface area (Å²) in [7, 11) is 1.61. The van der Waals surface area contributed by atoms with E-state index in [0.717, 1.165) is 16.9 Å². The first-order valence-corrected chi connectivity index (χ1v) is 9.76. The number of anilines is 1. The fourth-order valence-electron chi connectivity index (χ4n) is 3.21. The van der Waals surface area contributed by atoms with E-state index < -0.39 is 0 Å². The van der Waals surface area contributed by atoms with Crippen molar-refractivity contribution in [2.45, 2.75) is 31.9 Å². The monoisotopic (exact) mass is 397 g/mol. The summed E-state index contributed by atoms with van der Waals surface area (Å²) < 4.78 is 5.11. The third-order valence-electron chi connectivity index (χ3n) is 5.00. The van der Waals surface area contributed by atoms with Crippen molar-refractivity contribution in [3.63, 3.8) is 0 Å². The Morgan fingerprint density at radius 2 is 1.66 bits per heavy atom. The van der Waals surface area contributed by atoms with E-state index in [9.17, 15) is 14.7 Å². The molecule has 3 rings (SSSR count). The highest BCUT2D eigenvalue weighted by Crippen LogP contribution is 2.15. The molecule has 1 saturated heterocycles. The maximum atomic E-state index is 12.4. The number of benzene rings is 2. The van der Waals surface area contributed by atoms with E-state index >= 15 is 0 Å². The van der Waals surface area contributed by atoms with Gasteiger partial charge in [-0.1, -0.05) is 24.3 Å². The summed E-state index contributed by atoms with van der Waals surface area (Å²) in [6, 6.07) is 14.5. The molecule has 3 amide bonds. The molecule has 29 heavy (non-hydrogen) atoms. The molecule has 1 fully saturated rings. The number of rotatable bonds is 6. The Morgan fingerprint density at radius 1 is 1.03 bits per heavy atom. The highest BCUT2D eigenvalue weighted by molar-refractivity contribution is 5.89. The van der Waals surface area contributed by atoms with Crippen LogP contribution < -0.4 is 15.4 Å². The molecule has 2 aromatic rings. The summed E-state index contributed by atoms with van der Waals surface area (Å²) in [5.74, 6) is 0.837. The molecule has 7 heteroatoms. The van der Waals surface area contributed by atoms with Crippen molar-refractivity contribution >= 4 is 17.6 Å². The van der Waals surface area contributed by atoms with Gasteiger partial charge in [0, 0.05) is 25.3 Å². The molecule has 3 N–H and O–H groups in total. The largest absolute Gasteiger partial charge is 0.497 e. The van der Waals surface area contributed by atoms with Gasteiger partial charge in [-0.2, -0.15) is 0 Å². The van der Waals surface area contributed by atoms with Gasteiger partial charge in [0.1, 0.15) is 5.75 Å². The van der Waals surface area contributed by atoms with Crippen molar-refractivity contribution in [1.82, 2.24) is 10.2 Å². The average Bonchev–Trinajstić information content (AvgIpc) is 2.74. The predicted molar refractivity (Wildman–Crippen MR) is 111 cm³/mol. The molecule has 1 heterocycles. The molecular weight excluding hydrogens is 370 g/mol. The minimum Gasteiger partial charge on any atom is -0.497 e. The minimum atomic E-state index is -0.295. The smallest absolute Gasteiger partial charge is 0.319 e. The van der Waals surface area contributed by atoms with Crippen LogP contribution in [0.4, 0.5) is 10.5 Å². The van der Waals surface area contributed by atoms with Crippen molar-refractivity contribution in [2.75, 3.05) is 25.5 Å². The zero-order chi connectivity index (χ0) is 20.6. The fraction of sp³-hybridized carbons (Fsp3) is 0.364. The summed E-state index contributed by atoms with van der Waals surface area (Å²) in [6.45, 7) is 1.62. The van der Waals surface area contributed by atoms with Crippen LogP contribution in [-0.2, 0) is 17.8 Å². The minimum absolute atomic E-state index is 0.0647. The van der Waals surface area contributed by atoms with Crippen LogP contribution >= 0.6 is 0 Å². The van der Waals surface area contributed by atoms with E-state index in [-0.39, 0.29) is 18.0 Å². The summed E-state index contributed by atoms with van der Waals surface area (Å²) in [5.41, 5.74) is 2.53. The van der Waals surface area contributed by atoms with E-state index in [0.29, 0.717) is 44.6 Å². The number of carbonyl (C=O) groups is 2. The van der Waals surface area contributed by atoms with Crippen molar-refractivity contribution < 1.29 is 19.4 Å². The quantitative estimate of drug-likeness (QED) is 0.699. The molecule has 1 aliphatic rings. The van der Waals surface area contributed by atoms with Gasteiger partial charge in [-0.05, 0) is 48.2 Å². The SMILES string of the molecule is COc1ccc(CNC(=O)Nc2ccc(CC(=O)N3CCC(O)CC3)cc2)cc1. The van der Waals surface area contributed by atoms with E-state index in [4.69, 9.17) is 4.74 Å². The standard InChI is InChI=1S/C22H27N3O4/c1-29-20-8-4-17(5-9-20)15-23-22(28)24-18-6-2-16(3-7-18)14-21(27)25-12-10-19(26)11-13-25/h2-9,19,26H,10-15H2,1H3,(H2,23,24,28). The Morgan fingerprint density at radius 3 is 2.28 bits per heavy atom. The van der Waals surface area contributed by atoms with E-state index in [1.54, 1.807) is 24.1 Å². The Hall–Kier alpha value is -3.06. The number of likely N-dealkylation sites (tertiary alicyclic amines) is 1. The second kappa shape index (κ2) is 9.93. The first-order chi connectivity index (χ1) is 14.0. The Bertz CT molecular complexity index is 813. The first kappa shape index (κ1) is 20.7. The maximum absolute atomic E-state index is 12.4. The van der Waals surface area contributed by atoms with Crippen LogP contribution in [0.2, 0.25) is 0 Å². The van der Waals surface area contributed by atoms with Crippen LogP contribution in [0.15, 0.2) is 48.5 Å². The topological polar surface area (TPSA) is 90.9 Å². The molecule has 0 spiro atoms. The fourth-order valence-corrected chi connectivity index (χ4v) is 3.21. The highest BCUT2D eigenvalue weighted by Gasteiger charge is 2.21. The second-order valence-corrected chi connectivity index (χ2v) is 7.14. The highest BCUT2D eigenvalue weighted by atomic mass is 16.5. The van der Waals surface area contributed by atoms with Gasteiger partial charge in [-0.25, -0.2) is 4.79 Å². The normalized spacial score (nSPS) is 14.3. The number of hydrogen-bond donors (Lipinski definition) is 3. The van der Waals surface area contributed by atoms with Crippen LogP contribution in [0.5, 0.6) is 5.75 Å². The Labute approximate surface area is 170 Å². The number of piperidine rings is 1. The van der Waals surface area contributed by atoms with E-state index in [1.165, 1.54) is 0 Å². The summed E-state index contributed by atoms with van der Waals surface area (Å²) in [6.07, 6.45) is 1.31. The number of nitrogens with zero attached hydrogens (tertiary/aromatic N) is 1. The number of ether oxygens (including phenoxy) is 1. The molecule has 154 valence electrons. The van der Waals surface area contributed by atoms with Gasteiger partial charge in [-0.3, -0.25) is 4.79 Å². The number of amides is 3. The number of aliphatic hydroxyl groups is 1. The van der Waals surface area contributed by atoms with Gasteiger partial charge >= 0.3 is 6.03 Å². The number of aliphatic hydroxyl groups excluding tert-OH is 1. The first-order valence-electron chi connectivity index (χ1n) is 9.76. The van der Waals surface area contributed by atoms with E-state index in [2.05, 4.69) is 10.6 Å². The average molecular weight is 397 g/mol. The molecule has 0 atom stereocenters. The molecule has 7 nitrogen and oxygen atoms in total. The number of methoxy groups -OCH3 is 1. The van der Waals surface area contributed by atoms with E-state index in [1.807, 2.05) is 36.4 Å². The summed E-state index contributed by atoms with van der Waals surface area (Å²) in [5, 5.41) is 15.1. The third kappa shape index (κ3) is 6.22. The van der Waals surface area contributed by atoms with Crippen molar-refractivity contribution in [3.05, 3.63) is 59.7 Å². The second-order valence-electron chi connectivity index (χ2n) is 7.14. The predicted octanol–water partition coefficient (Wildman–Crippen LogP) is 2.54. The molecule has 0 unspecified atom stereocenters. The maximum Gasteiger partial charge on any atom is 0.319 e. The summed E-state index contributed by atoms with van der Waals surface area (Å²) in [4.78, 5) is 26.2. The van der Waals surface area contributed by atoms with Crippen LogP contribution in [-0.4, -0.2) is 48.2 Å². The van der Waals surface area contributed by atoms with Gasteiger partial charge in [-0.15, -0.1) is 0 Å². The zero-order valence-corrected chi connectivity index (χ0v) is 16.6. The van der Waals surface area contributed by atoms with Gasteiger partial charge in [0.2, 0.25) is 5.91 Å². The molecule has 2 aromatic carbocycles. The van der Waals surface area contributed by atoms with Crippen molar-refractivity contribution in [3.8, 4) is 5.75 Å². The third-order valence-corrected chi connectivity index (χ3v) is 5.00. The molecule has 0 saturated carbocycles. The lowest BCUT2D eigenvalue weighted by Crippen LogP contribution is -2.40. The van der Waals surface area contributed by atoms with Crippen LogP contribution in [0.1, 0.15) is 24.0 Å². The van der Waals surface area contributed by atoms with Crippen LogP contribution in [0.3, 0.4) is 0 Å². The van der Waals surface area contributed by atoms with Gasteiger partial charge in [0.25, 0.3) is 0 Å². The molecular formula is C22H27N3O4. The number of nitrogens with one attached hydrogen (secondary N) is 2. The molecule has 1 aliphatic heterocycles. The number of urea groups is 1. The van der Waals surface area contributed by atoms with Crippen molar-refractivity contribution in [2.24, 2.45) is 0 Å². The molecule has 0 aliphatic carbocycles. The van der Waals surface area contributed by atoms with Crippen LogP contribution in [0, 0.1) is 0 Å². The molecule has 0 radical (unpaired) electrons.